The summed E-state index contributed by atoms with van der Waals surface area (Å²) in [6.45, 7) is 15.8. The number of carbonyl (C=O) groups is 2. The number of aryl methyl sites for hydroxylation is 1. The maximum Gasteiger partial charge on any atom is 0.407 e. The molecule has 0 radical (unpaired) electrons. The summed E-state index contributed by atoms with van der Waals surface area (Å²) in [7, 11) is 0. The minimum absolute atomic E-state index is 0.00326. The topological polar surface area (TPSA) is 130 Å². The molecule has 5 rings (SSSR count). The van der Waals surface area contributed by atoms with Gasteiger partial charge in [-0.05, 0) is 75.3 Å². The van der Waals surface area contributed by atoms with E-state index in [4.69, 9.17) is 4.74 Å². The van der Waals surface area contributed by atoms with Gasteiger partial charge in [-0.2, -0.15) is 0 Å². The second-order valence-corrected chi connectivity index (χ2v) is 13.5. The number of hydrogen-bond acceptors (Lipinski definition) is 7. The van der Waals surface area contributed by atoms with Gasteiger partial charge in [-0.15, -0.1) is 0 Å². The summed E-state index contributed by atoms with van der Waals surface area (Å²) >= 11 is 0. The number of carbonyl (C=O) groups excluding carboxylic acids is 1. The van der Waals surface area contributed by atoms with Crippen molar-refractivity contribution < 1.29 is 19.4 Å². The lowest BCUT2D eigenvalue weighted by molar-refractivity contribution is -0.0249. The summed E-state index contributed by atoms with van der Waals surface area (Å²) < 4.78 is 5.61. The fourth-order valence-corrected chi connectivity index (χ4v) is 7.16. The van der Waals surface area contributed by atoms with Gasteiger partial charge in [-0.3, -0.25) is 14.6 Å². The Balaban J connectivity index is 1.43. The van der Waals surface area contributed by atoms with Gasteiger partial charge < -0.3 is 29.9 Å². The van der Waals surface area contributed by atoms with Crippen LogP contribution in [0.25, 0.3) is 0 Å². The Morgan fingerprint density at radius 1 is 1.16 bits per heavy atom. The van der Waals surface area contributed by atoms with Crippen molar-refractivity contribution in [1.29, 1.82) is 0 Å². The van der Waals surface area contributed by atoms with E-state index in [-0.39, 0.29) is 35.0 Å². The van der Waals surface area contributed by atoms with Gasteiger partial charge in [0.2, 0.25) is 0 Å². The molecule has 4 N–H and O–H groups in total. The highest BCUT2D eigenvalue weighted by atomic mass is 16.5. The number of H-pyrrole nitrogens is 1. The fraction of sp³-hybridized carbons (Fsp3) is 0.594. The lowest BCUT2D eigenvalue weighted by atomic mass is 9.72. The largest absolute Gasteiger partial charge is 0.465 e. The third kappa shape index (κ3) is 5.60. The lowest BCUT2D eigenvalue weighted by Gasteiger charge is -2.53. The second kappa shape index (κ2) is 11.5. The number of pyridine rings is 1. The number of hydrogen-bond donors (Lipinski definition) is 4. The first-order valence-corrected chi connectivity index (χ1v) is 15.3. The summed E-state index contributed by atoms with van der Waals surface area (Å²) in [6, 6.07) is 7.39. The Kier molecular flexibility index (Phi) is 8.26. The molecule has 3 unspecified atom stereocenters. The van der Waals surface area contributed by atoms with Crippen LogP contribution in [0.5, 0.6) is 0 Å². The van der Waals surface area contributed by atoms with Crippen LogP contribution >= 0.6 is 0 Å². The van der Waals surface area contributed by atoms with Crippen LogP contribution in [0.4, 0.5) is 16.2 Å². The number of likely N-dealkylation sites (tertiary alicyclic amines) is 1. The van der Waals surface area contributed by atoms with Crippen molar-refractivity contribution in [3.63, 3.8) is 0 Å². The van der Waals surface area contributed by atoms with Crippen LogP contribution in [-0.2, 0) is 4.74 Å². The molecular weight excluding hydrogens is 548 g/mol. The number of morpholine rings is 1. The smallest absolute Gasteiger partial charge is 0.407 e. The predicted octanol–water partition coefficient (Wildman–Crippen LogP) is 4.71. The van der Waals surface area contributed by atoms with Crippen LogP contribution in [0.3, 0.4) is 0 Å². The predicted molar refractivity (Wildman–Crippen MR) is 166 cm³/mol. The molecule has 5 atom stereocenters. The molecule has 0 spiro atoms. The van der Waals surface area contributed by atoms with Gasteiger partial charge in [0.15, 0.2) is 0 Å². The number of carboxylic acid groups (broad SMARTS) is 1. The monoisotopic (exact) mass is 594 g/mol. The van der Waals surface area contributed by atoms with E-state index in [9.17, 15) is 19.5 Å². The highest BCUT2D eigenvalue weighted by Gasteiger charge is 2.51. The number of nitrogens with one attached hydrogen (secondary N) is 3. The van der Waals surface area contributed by atoms with Gasteiger partial charge in [0, 0.05) is 30.0 Å². The van der Waals surface area contributed by atoms with Gasteiger partial charge in [-0.25, -0.2) is 10.2 Å². The van der Waals surface area contributed by atoms with Crippen molar-refractivity contribution in [3.05, 3.63) is 57.5 Å². The highest BCUT2D eigenvalue weighted by Crippen LogP contribution is 2.45. The zero-order valence-corrected chi connectivity index (χ0v) is 26.4. The summed E-state index contributed by atoms with van der Waals surface area (Å²) in [4.78, 5) is 45.2. The molecule has 2 saturated heterocycles. The first-order chi connectivity index (χ1) is 20.3. The Morgan fingerprint density at radius 3 is 2.47 bits per heavy atom. The number of aromatic amines is 1. The molecule has 1 aromatic carbocycles. The third-order valence-electron chi connectivity index (χ3n) is 9.58. The average molecular weight is 595 g/mol. The van der Waals surface area contributed by atoms with Crippen molar-refractivity contribution >= 4 is 23.4 Å². The van der Waals surface area contributed by atoms with Gasteiger partial charge in [-0.1, -0.05) is 27.7 Å². The molecule has 234 valence electrons. The van der Waals surface area contributed by atoms with Gasteiger partial charge in [0.05, 0.1) is 42.1 Å². The maximum atomic E-state index is 13.5. The third-order valence-corrected chi connectivity index (χ3v) is 9.58. The van der Waals surface area contributed by atoms with Crippen molar-refractivity contribution in [2.24, 2.45) is 5.41 Å². The number of amides is 2. The molecule has 2 fully saturated rings. The van der Waals surface area contributed by atoms with E-state index >= 15 is 0 Å². The standard InChI is InChI=1S/C32H46N6O5/c1-8-32(12-14-36(30(41)42)25(16-32)31(5,6)7)38-24-11-13-33-28(39)26(24)27(35-38)34-22-9-10-23(19(2)15-22)29(40)37-20(3)17-43-18-21(37)4/h9-11,13,15,20-21,25,27,34-35H,8,12,14,16-18H2,1-7H3,(H,33,39)(H,41,42)/t20-,21+,25?,27?,32?. The molecule has 3 aliphatic heterocycles. The maximum absolute atomic E-state index is 13.5. The molecule has 11 heteroatoms. The summed E-state index contributed by atoms with van der Waals surface area (Å²) in [5.74, 6) is -0.00898. The number of hydrazine groups is 1. The minimum atomic E-state index is -0.898. The first kappa shape index (κ1) is 30.9. The Morgan fingerprint density at radius 2 is 1.86 bits per heavy atom. The Bertz CT molecular complexity index is 1430. The Labute approximate surface area is 253 Å². The van der Waals surface area contributed by atoms with Crippen molar-refractivity contribution in [1.82, 2.24) is 20.2 Å². The molecule has 11 nitrogen and oxygen atoms in total. The SMILES string of the molecule is CCC1(N2NC(Nc3ccc(C(=O)N4[C@H](C)COC[C@@H]4C)c(C)c3)c3c2cc[nH]c3=O)CCN(C(=O)O)C(C(C)(C)C)C1. The van der Waals surface area contributed by atoms with Crippen LogP contribution in [-0.4, -0.2) is 75.3 Å². The molecule has 1 aromatic heterocycles. The van der Waals surface area contributed by atoms with Crippen molar-refractivity contribution in [2.75, 3.05) is 30.1 Å². The fourth-order valence-electron chi connectivity index (χ4n) is 7.16. The van der Waals surface area contributed by atoms with E-state index in [2.05, 4.69) is 48.4 Å². The molecule has 3 aliphatic rings. The number of anilines is 2. The molecule has 0 aliphatic carbocycles. The van der Waals surface area contributed by atoms with Gasteiger partial charge in [0.1, 0.15) is 6.17 Å². The highest BCUT2D eigenvalue weighted by molar-refractivity contribution is 5.96. The van der Waals surface area contributed by atoms with Crippen LogP contribution in [0.1, 0.15) is 88.5 Å². The number of aromatic nitrogens is 1. The average Bonchev–Trinajstić information content (AvgIpc) is 3.32. The summed E-state index contributed by atoms with van der Waals surface area (Å²) in [5.41, 5.74) is 6.38. The summed E-state index contributed by atoms with van der Waals surface area (Å²) in [5, 5.41) is 15.6. The quantitative estimate of drug-likeness (QED) is 0.392. The van der Waals surface area contributed by atoms with Crippen molar-refractivity contribution in [3.8, 4) is 0 Å². The van der Waals surface area contributed by atoms with E-state index in [1.807, 2.05) is 49.9 Å². The lowest BCUT2D eigenvalue weighted by Crippen LogP contribution is -2.64. The molecule has 4 heterocycles. The number of ether oxygens (including phenoxy) is 1. The molecule has 0 saturated carbocycles. The summed E-state index contributed by atoms with van der Waals surface area (Å²) in [6.07, 6.45) is 2.27. The van der Waals surface area contributed by atoms with Crippen LogP contribution in [0, 0.1) is 12.3 Å². The molecular formula is C32H46N6O5. The van der Waals surface area contributed by atoms with Crippen LogP contribution in [0.15, 0.2) is 35.3 Å². The van der Waals surface area contributed by atoms with E-state index in [1.165, 1.54) is 0 Å². The number of rotatable bonds is 5. The van der Waals surface area contributed by atoms with E-state index in [0.29, 0.717) is 43.7 Å². The van der Waals surface area contributed by atoms with E-state index in [1.54, 1.807) is 11.1 Å². The second-order valence-electron chi connectivity index (χ2n) is 13.5. The van der Waals surface area contributed by atoms with E-state index < -0.39 is 17.8 Å². The number of fused-ring (bicyclic) bond motifs is 1. The number of benzene rings is 1. The molecule has 43 heavy (non-hydrogen) atoms. The zero-order valence-electron chi connectivity index (χ0n) is 26.4. The normalized spacial score (nSPS) is 27.7. The molecule has 2 amide bonds. The molecule has 0 bridgehead atoms. The minimum Gasteiger partial charge on any atom is -0.465 e. The van der Waals surface area contributed by atoms with Crippen molar-refractivity contribution in [2.45, 2.75) is 97.6 Å². The first-order valence-electron chi connectivity index (χ1n) is 15.3. The zero-order chi connectivity index (χ0) is 31.3. The van der Waals surface area contributed by atoms with Crippen LogP contribution < -0.4 is 21.3 Å². The number of nitrogens with zero attached hydrogens (tertiary/aromatic N) is 3. The van der Waals surface area contributed by atoms with Crippen LogP contribution in [0.2, 0.25) is 0 Å². The van der Waals surface area contributed by atoms with E-state index in [0.717, 1.165) is 23.4 Å². The number of piperidine rings is 1. The van der Waals surface area contributed by atoms with Gasteiger partial charge in [0.25, 0.3) is 11.5 Å². The Hall–Kier alpha value is -3.57. The molecule has 2 aromatic rings. The van der Waals surface area contributed by atoms with Gasteiger partial charge >= 0.3 is 6.09 Å².